The Morgan fingerprint density at radius 3 is 2.75 bits per heavy atom. The van der Waals surface area contributed by atoms with Crippen LogP contribution in [0, 0.1) is 5.82 Å². The van der Waals surface area contributed by atoms with Gasteiger partial charge in [0.1, 0.15) is 17.3 Å². The van der Waals surface area contributed by atoms with Gasteiger partial charge in [-0.15, -0.1) is 0 Å². The minimum Gasteiger partial charge on any atom is -0.497 e. The number of fused-ring (bicyclic) bond motifs is 1. The van der Waals surface area contributed by atoms with E-state index >= 15 is 0 Å². The average molecular weight is 386 g/mol. The summed E-state index contributed by atoms with van der Waals surface area (Å²) >= 11 is 0. The maximum absolute atomic E-state index is 13.6. The highest BCUT2D eigenvalue weighted by molar-refractivity contribution is 5.78. The normalized spacial score (nSPS) is 17.5. The van der Waals surface area contributed by atoms with Gasteiger partial charge in [-0.25, -0.2) is 4.39 Å². The quantitative estimate of drug-likeness (QED) is 0.824. The third kappa shape index (κ3) is 4.28. The standard InChI is InChI=1S/C22H27FN2O3/c1-14(19-12-18(27-3)7-8-21(19)28-4)24-22(26)13-25-10-9-16-5-6-17(23)11-20(16)15(25)2/h5-8,11-12,14-15H,9-10,13H2,1-4H3,(H,24,26). The number of halogens is 1. The molecule has 2 unspecified atom stereocenters. The van der Waals surface area contributed by atoms with Crippen LogP contribution in [0.1, 0.15) is 42.6 Å². The molecular formula is C22H27FN2O3. The summed E-state index contributed by atoms with van der Waals surface area (Å²) in [6.07, 6.45) is 0.812. The van der Waals surface area contributed by atoms with Crippen LogP contribution in [0.25, 0.3) is 0 Å². The minimum absolute atomic E-state index is 0.00754. The number of hydrogen-bond acceptors (Lipinski definition) is 4. The predicted octanol–water partition coefficient (Wildman–Crippen LogP) is 3.64. The van der Waals surface area contributed by atoms with Gasteiger partial charge < -0.3 is 14.8 Å². The SMILES string of the molecule is COc1ccc(OC)c(C(C)NC(=O)CN2CCc3ccc(F)cc3C2C)c1. The van der Waals surface area contributed by atoms with Crippen molar-refractivity contribution in [2.45, 2.75) is 32.4 Å². The number of nitrogens with one attached hydrogen (secondary N) is 1. The number of carbonyl (C=O) groups is 1. The van der Waals surface area contributed by atoms with E-state index in [1.807, 2.05) is 38.1 Å². The Labute approximate surface area is 165 Å². The molecule has 2 aromatic carbocycles. The van der Waals surface area contributed by atoms with E-state index in [4.69, 9.17) is 9.47 Å². The number of benzene rings is 2. The lowest BCUT2D eigenvalue weighted by Crippen LogP contribution is -2.42. The molecule has 2 atom stereocenters. The number of nitrogens with zero attached hydrogens (tertiary/aromatic N) is 1. The highest BCUT2D eigenvalue weighted by Gasteiger charge is 2.26. The Morgan fingerprint density at radius 2 is 2.04 bits per heavy atom. The largest absolute Gasteiger partial charge is 0.497 e. The second kappa shape index (κ2) is 8.61. The smallest absolute Gasteiger partial charge is 0.234 e. The zero-order chi connectivity index (χ0) is 20.3. The van der Waals surface area contributed by atoms with Crippen LogP contribution in [0.2, 0.25) is 0 Å². The van der Waals surface area contributed by atoms with Crippen LogP contribution in [0.5, 0.6) is 11.5 Å². The van der Waals surface area contributed by atoms with Crippen LogP contribution >= 0.6 is 0 Å². The summed E-state index contributed by atoms with van der Waals surface area (Å²) in [5, 5.41) is 3.04. The first kappa shape index (κ1) is 20.1. The summed E-state index contributed by atoms with van der Waals surface area (Å²) in [5.74, 6) is 1.09. The second-order valence-corrected chi connectivity index (χ2v) is 7.14. The average Bonchev–Trinajstić information content (AvgIpc) is 2.69. The van der Waals surface area contributed by atoms with Crippen molar-refractivity contribution in [1.29, 1.82) is 0 Å². The molecule has 0 radical (unpaired) electrons. The third-order valence-corrected chi connectivity index (χ3v) is 5.40. The molecule has 1 N–H and O–H groups in total. The summed E-state index contributed by atoms with van der Waals surface area (Å²) in [4.78, 5) is 14.8. The van der Waals surface area contributed by atoms with Crippen molar-refractivity contribution in [2.75, 3.05) is 27.3 Å². The first-order valence-corrected chi connectivity index (χ1v) is 9.46. The number of carbonyl (C=O) groups excluding carboxylic acids is 1. The van der Waals surface area contributed by atoms with Crippen LogP contribution in [0.4, 0.5) is 4.39 Å². The van der Waals surface area contributed by atoms with Crippen LogP contribution < -0.4 is 14.8 Å². The van der Waals surface area contributed by atoms with Gasteiger partial charge in [-0.05, 0) is 61.7 Å². The van der Waals surface area contributed by atoms with E-state index in [1.165, 1.54) is 6.07 Å². The monoisotopic (exact) mass is 386 g/mol. The van der Waals surface area contributed by atoms with E-state index in [1.54, 1.807) is 20.3 Å². The topological polar surface area (TPSA) is 50.8 Å². The molecule has 5 nitrogen and oxygen atoms in total. The van der Waals surface area contributed by atoms with E-state index < -0.39 is 0 Å². The molecule has 6 heteroatoms. The molecular weight excluding hydrogens is 359 g/mol. The molecule has 1 aliphatic rings. The van der Waals surface area contributed by atoms with Crippen molar-refractivity contribution >= 4 is 5.91 Å². The fourth-order valence-corrected chi connectivity index (χ4v) is 3.78. The van der Waals surface area contributed by atoms with E-state index in [2.05, 4.69) is 10.2 Å². The molecule has 1 aliphatic heterocycles. The number of ether oxygens (including phenoxy) is 2. The Bertz CT molecular complexity index is 856. The molecule has 0 bridgehead atoms. The Hall–Kier alpha value is -2.60. The lowest BCUT2D eigenvalue weighted by atomic mass is 9.93. The van der Waals surface area contributed by atoms with E-state index in [0.29, 0.717) is 11.5 Å². The van der Waals surface area contributed by atoms with Crippen LogP contribution in [0.15, 0.2) is 36.4 Å². The molecule has 1 amide bonds. The lowest BCUT2D eigenvalue weighted by molar-refractivity contribution is -0.123. The second-order valence-electron chi connectivity index (χ2n) is 7.14. The first-order chi connectivity index (χ1) is 13.4. The van der Waals surface area contributed by atoms with Gasteiger partial charge in [-0.1, -0.05) is 6.07 Å². The van der Waals surface area contributed by atoms with E-state index in [9.17, 15) is 9.18 Å². The summed E-state index contributed by atoms with van der Waals surface area (Å²) < 4.78 is 24.3. The number of hydrogen-bond donors (Lipinski definition) is 1. The predicted molar refractivity (Wildman–Crippen MR) is 106 cm³/mol. The lowest BCUT2D eigenvalue weighted by Gasteiger charge is -2.35. The van der Waals surface area contributed by atoms with Gasteiger partial charge in [0.25, 0.3) is 0 Å². The molecule has 2 aromatic rings. The number of rotatable bonds is 6. The fraction of sp³-hybridized carbons (Fsp3) is 0.409. The highest BCUT2D eigenvalue weighted by Crippen LogP contribution is 2.31. The Balaban J connectivity index is 1.67. The molecule has 150 valence electrons. The summed E-state index contributed by atoms with van der Waals surface area (Å²) in [6.45, 7) is 4.95. The van der Waals surface area contributed by atoms with E-state index in [0.717, 1.165) is 29.7 Å². The molecule has 28 heavy (non-hydrogen) atoms. The molecule has 0 fully saturated rings. The molecule has 3 rings (SSSR count). The Morgan fingerprint density at radius 1 is 1.25 bits per heavy atom. The van der Waals surface area contributed by atoms with Crippen molar-refractivity contribution in [3.05, 3.63) is 58.9 Å². The third-order valence-electron chi connectivity index (χ3n) is 5.40. The Kier molecular flexibility index (Phi) is 6.19. The van der Waals surface area contributed by atoms with Crippen LogP contribution in [-0.2, 0) is 11.2 Å². The van der Waals surface area contributed by atoms with Gasteiger partial charge in [-0.2, -0.15) is 0 Å². The van der Waals surface area contributed by atoms with Gasteiger partial charge in [0, 0.05) is 18.2 Å². The van der Waals surface area contributed by atoms with Gasteiger partial charge >= 0.3 is 0 Å². The maximum Gasteiger partial charge on any atom is 0.234 e. The molecule has 0 saturated carbocycles. The molecule has 0 aromatic heterocycles. The van der Waals surface area contributed by atoms with Crippen LogP contribution in [0.3, 0.4) is 0 Å². The fourth-order valence-electron chi connectivity index (χ4n) is 3.78. The van der Waals surface area contributed by atoms with Crippen LogP contribution in [-0.4, -0.2) is 38.1 Å². The van der Waals surface area contributed by atoms with Gasteiger partial charge in [0.2, 0.25) is 5.91 Å². The van der Waals surface area contributed by atoms with Gasteiger partial charge in [0.05, 0.1) is 26.8 Å². The molecule has 1 heterocycles. The van der Waals surface area contributed by atoms with Crippen molar-refractivity contribution in [3.63, 3.8) is 0 Å². The van der Waals surface area contributed by atoms with Crippen molar-refractivity contribution in [1.82, 2.24) is 10.2 Å². The molecule has 0 spiro atoms. The van der Waals surface area contributed by atoms with Crippen molar-refractivity contribution < 1.29 is 18.7 Å². The maximum atomic E-state index is 13.6. The van der Waals surface area contributed by atoms with Crippen molar-refractivity contribution in [2.24, 2.45) is 0 Å². The van der Waals surface area contributed by atoms with Crippen molar-refractivity contribution in [3.8, 4) is 11.5 Å². The zero-order valence-electron chi connectivity index (χ0n) is 16.8. The minimum atomic E-state index is -0.240. The zero-order valence-corrected chi connectivity index (χ0v) is 16.8. The van der Waals surface area contributed by atoms with Gasteiger partial charge in [0.15, 0.2) is 0 Å². The highest BCUT2D eigenvalue weighted by atomic mass is 19.1. The molecule has 0 aliphatic carbocycles. The number of amides is 1. The number of methoxy groups -OCH3 is 2. The van der Waals surface area contributed by atoms with Gasteiger partial charge in [-0.3, -0.25) is 9.69 Å². The molecule has 0 saturated heterocycles. The summed E-state index contributed by atoms with van der Waals surface area (Å²) in [5.41, 5.74) is 2.97. The first-order valence-electron chi connectivity index (χ1n) is 9.46. The van der Waals surface area contributed by atoms with E-state index in [-0.39, 0.29) is 30.4 Å². The summed E-state index contributed by atoms with van der Waals surface area (Å²) in [6, 6.07) is 10.2. The summed E-state index contributed by atoms with van der Waals surface area (Å²) in [7, 11) is 3.21.